The van der Waals surface area contributed by atoms with E-state index in [9.17, 15) is 9.59 Å². The number of carbonyl (C=O) groups is 2. The first-order valence-electron chi connectivity index (χ1n) is 5.58. The first-order chi connectivity index (χ1) is 8.90. The van der Waals surface area contributed by atoms with Gasteiger partial charge in [-0.3, -0.25) is 14.5 Å². The Bertz CT molecular complexity index is 584. The van der Waals surface area contributed by atoms with Crippen molar-refractivity contribution in [2.45, 2.75) is 0 Å². The minimum absolute atomic E-state index is 0.236. The molecule has 0 N–H and O–H groups in total. The fourth-order valence-corrected chi connectivity index (χ4v) is 3.25. The van der Waals surface area contributed by atoms with E-state index in [1.807, 2.05) is 37.2 Å². The van der Waals surface area contributed by atoms with Crippen LogP contribution in [0.5, 0.6) is 0 Å². The first kappa shape index (κ1) is 14.1. The third kappa shape index (κ3) is 2.84. The molecule has 1 fully saturated rings. The zero-order valence-corrected chi connectivity index (χ0v) is 13.2. The van der Waals surface area contributed by atoms with Crippen LogP contribution >= 0.6 is 27.7 Å². The smallest absolute Gasteiger partial charge is 0.293 e. The molecule has 0 saturated carbocycles. The first-order valence-corrected chi connectivity index (χ1v) is 7.19. The van der Waals surface area contributed by atoms with E-state index in [1.54, 1.807) is 6.08 Å². The van der Waals surface area contributed by atoms with E-state index in [0.717, 1.165) is 32.4 Å². The Hall–Kier alpha value is -1.27. The average Bonchev–Trinajstić information content (AvgIpc) is 2.57. The number of nitrogens with zero attached hydrogens (tertiary/aromatic N) is 2. The summed E-state index contributed by atoms with van der Waals surface area (Å²) in [5.41, 5.74) is 1.94. The summed E-state index contributed by atoms with van der Waals surface area (Å²) in [6.07, 6.45) is 1.73. The maximum absolute atomic E-state index is 11.8. The molecule has 19 heavy (non-hydrogen) atoms. The Kier molecular flexibility index (Phi) is 4.01. The molecule has 0 bridgehead atoms. The Balaban J connectivity index is 2.32. The molecule has 0 radical (unpaired) electrons. The van der Waals surface area contributed by atoms with Crippen LogP contribution < -0.4 is 4.90 Å². The van der Waals surface area contributed by atoms with E-state index in [1.165, 1.54) is 7.05 Å². The summed E-state index contributed by atoms with van der Waals surface area (Å²) in [6, 6.07) is 5.81. The van der Waals surface area contributed by atoms with Crippen molar-refractivity contribution in [1.82, 2.24) is 4.90 Å². The second-order valence-corrected chi connectivity index (χ2v) is 6.19. The molecule has 2 rings (SSSR count). The highest BCUT2D eigenvalue weighted by molar-refractivity contribution is 9.10. The van der Waals surface area contributed by atoms with Crippen molar-refractivity contribution < 1.29 is 9.59 Å². The lowest BCUT2D eigenvalue weighted by molar-refractivity contribution is -0.121. The van der Waals surface area contributed by atoms with Gasteiger partial charge in [-0.25, -0.2) is 0 Å². The van der Waals surface area contributed by atoms with Crippen LogP contribution in [-0.2, 0) is 4.79 Å². The summed E-state index contributed by atoms with van der Waals surface area (Å²) in [7, 11) is 5.41. The van der Waals surface area contributed by atoms with Gasteiger partial charge in [0.05, 0.1) is 10.6 Å². The van der Waals surface area contributed by atoms with Crippen molar-refractivity contribution in [3.63, 3.8) is 0 Å². The Labute approximate surface area is 124 Å². The molecule has 1 saturated heterocycles. The van der Waals surface area contributed by atoms with Gasteiger partial charge in [-0.15, -0.1) is 0 Å². The fourth-order valence-electron chi connectivity index (χ4n) is 1.67. The molecule has 0 aromatic heterocycles. The molecule has 6 heteroatoms. The molecule has 1 heterocycles. The van der Waals surface area contributed by atoms with Gasteiger partial charge in [0, 0.05) is 25.6 Å². The van der Waals surface area contributed by atoms with Crippen LogP contribution in [0.25, 0.3) is 6.08 Å². The number of likely N-dealkylation sites (N-methyl/N-ethyl adjacent to an activating group) is 1. The lowest BCUT2D eigenvalue weighted by Gasteiger charge is -2.14. The van der Waals surface area contributed by atoms with Crippen LogP contribution in [0.15, 0.2) is 27.6 Å². The van der Waals surface area contributed by atoms with E-state index < -0.39 is 0 Å². The zero-order valence-electron chi connectivity index (χ0n) is 10.8. The summed E-state index contributed by atoms with van der Waals surface area (Å²) < 4.78 is 0.946. The molecule has 4 nitrogen and oxygen atoms in total. The van der Waals surface area contributed by atoms with Crippen LogP contribution in [0.2, 0.25) is 0 Å². The van der Waals surface area contributed by atoms with Gasteiger partial charge >= 0.3 is 0 Å². The van der Waals surface area contributed by atoms with Gasteiger partial charge in [0.2, 0.25) is 0 Å². The van der Waals surface area contributed by atoms with Crippen LogP contribution in [0, 0.1) is 0 Å². The van der Waals surface area contributed by atoms with Crippen molar-refractivity contribution in [2.24, 2.45) is 0 Å². The maximum Gasteiger partial charge on any atom is 0.293 e. The molecule has 0 spiro atoms. The van der Waals surface area contributed by atoms with Gasteiger partial charge in [-0.1, -0.05) is 6.07 Å². The predicted molar refractivity (Wildman–Crippen MR) is 82.2 cm³/mol. The Morgan fingerprint density at radius 1 is 1.32 bits per heavy atom. The Morgan fingerprint density at radius 2 is 2.00 bits per heavy atom. The fraction of sp³-hybridized carbons (Fsp3) is 0.231. The second kappa shape index (κ2) is 5.38. The van der Waals surface area contributed by atoms with E-state index >= 15 is 0 Å². The molecule has 0 unspecified atom stereocenters. The number of rotatable bonds is 2. The summed E-state index contributed by atoms with van der Waals surface area (Å²) in [5, 5.41) is -0.236. The minimum Gasteiger partial charge on any atom is -0.377 e. The normalized spacial score (nSPS) is 17.5. The number of benzene rings is 1. The van der Waals surface area contributed by atoms with Gasteiger partial charge in [-0.2, -0.15) is 0 Å². The lowest BCUT2D eigenvalue weighted by atomic mass is 10.2. The largest absolute Gasteiger partial charge is 0.377 e. The van der Waals surface area contributed by atoms with E-state index in [2.05, 4.69) is 15.9 Å². The van der Waals surface area contributed by atoms with Crippen molar-refractivity contribution in [1.29, 1.82) is 0 Å². The third-order valence-corrected chi connectivity index (χ3v) is 4.33. The van der Waals surface area contributed by atoms with Gasteiger partial charge in [0.25, 0.3) is 11.1 Å². The third-order valence-electron chi connectivity index (χ3n) is 2.74. The SMILES string of the molecule is CN1C(=O)S/C(=C\c2ccc(N(C)C)c(Br)c2)C1=O. The van der Waals surface area contributed by atoms with Gasteiger partial charge in [-0.05, 0) is 51.5 Å². The topological polar surface area (TPSA) is 40.6 Å². The van der Waals surface area contributed by atoms with Gasteiger partial charge in [0.15, 0.2) is 0 Å². The van der Waals surface area contributed by atoms with Crippen molar-refractivity contribution >= 4 is 50.6 Å². The number of carbonyl (C=O) groups excluding carboxylic acids is 2. The molecule has 1 aromatic carbocycles. The van der Waals surface area contributed by atoms with Gasteiger partial charge in [0.1, 0.15) is 0 Å². The molecular formula is C13H13BrN2O2S. The van der Waals surface area contributed by atoms with Gasteiger partial charge < -0.3 is 4.90 Å². The number of hydrogen-bond donors (Lipinski definition) is 0. The molecule has 1 aliphatic rings. The number of amides is 2. The van der Waals surface area contributed by atoms with Crippen molar-refractivity contribution in [2.75, 3.05) is 26.0 Å². The van der Waals surface area contributed by atoms with E-state index in [4.69, 9.17) is 0 Å². The second-order valence-electron chi connectivity index (χ2n) is 4.35. The van der Waals surface area contributed by atoms with Crippen LogP contribution in [0.3, 0.4) is 0 Å². The lowest BCUT2D eigenvalue weighted by Crippen LogP contribution is -2.22. The summed E-state index contributed by atoms with van der Waals surface area (Å²) >= 11 is 4.46. The number of hydrogen-bond acceptors (Lipinski definition) is 4. The number of imide groups is 1. The molecule has 0 atom stereocenters. The monoisotopic (exact) mass is 340 g/mol. The minimum atomic E-state index is -0.247. The number of thioether (sulfide) groups is 1. The molecule has 100 valence electrons. The summed E-state index contributed by atoms with van der Waals surface area (Å²) in [4.78, 5) is 26.8. The number of anilines is 1. The van der Waals surface area contributed by atoms with E-state index in [-0.39, 0.29) is 11.1 Å². The van der Waals surface area contributed by atoms with E-state index in [0.29, 0.717) is 4.91 Å². The van der Waals surface area contributed by atoms with Crippen LogP contribution in [0.4, 0.5) is 10.5 Å². The molecular weight excluding hydrogens is 328 g/mol. The maximum atomic E-state index is 11.8. The van der Waals surface area contributed by atoms with Crippen LogP contribution in [-0.4, -0.2) is 37.2 Å². The highest BCUT2D eigenvalue weighted by Gasteiger charge is 2.31. The summed E-state index contributed by atoms with van der Waals surface area (Å²) in [6.45, 7) is 0. The Morgan fingerprint density at radius 3 is 2.47 bits per heavy atom. The summed E-state index contributed by atoms with van der Waals surface area (Å²) in [5.74, 6) is -0.247. The highest BCUT2D eigenvalue weighted by Crippen LogP contribution is 2.32. The van der Waals surface area contributed by atoms with Crippen molar-refractivity contribution in [3.8, 4) is 0 Å². The molecule has 1 aliphatic heterocycles. The van der Waals surface area contributed by atoms with Crippen LogP contribution in [0.1, 0.15) is 5.56 Å². The highest BCUT2D eigenvalue weighted by atomic mass is 79.9. The zero-order chi connectivity index (χ0) is 14.2. The molecule has 2 amide bonds. The average molecular weight is 341 g/mol. The predicted octanol–water partition coefficient (Wildman–Crippen LogP) is 3.18. The number of halogens is 1. The molecule has 1 aromatic rings. The quantitative estimate of drug-likeness (QED) is 0.775. The standard InChI is InChI=1S/C13H13BrN2O2S/c1-15(2)10-5-4-8(6-9(10)14)7-11-12(17)16(3)13(18)19-11/h4-7H,1-3H3/b11-7-. The van der Waals surface area contributed by atoms with Crippen molar-refractivity contribution in [3.05, 3.63) is 33.1 Å². The molecule has 0 aliphatic carbocycles.